The molecule has 0 saturated heterocycles. The summed E-state index contributed by atoms with van der Waals surface area (Å²) in [6.07, 6.45) is 0. The summed E-state index contributed by atoms with van der Waals surface area (Å²) in [6, 6.07) is 12.8. The third-order valence-electron chi connectivity index (χ3n) is 3.00. The molecule has 0 unspecified atom stereocenters. The maximum Gasteiger partial charge on any atom is 0.321 e. The van der Waals surface area contributed by atoms with Crippen LogP contribution in [0.1, 0.15) is 6.92 Å². The molecule has 5 nitrogen and oxygen atoms in total. The maximum atomic E-state index is 11.8. The number of aliphatic carboxylic acids is 1. The molecule has 0 aliphatic carbocycles. The summed E-state index contributed by atoms with van der Waals surface area (Å²) in [5, 5.41) is 10.7. The third-order valence-corrected chi connectivity index (χ3v) is 3.99. The molecule has 22 heavy (non-hydrogen) atoms. The van der Waals surface area contributed by atoms with Gasteiger partial charge in [-0.25, -0.2) is 4.72 Å². The first-order valence-corrected chi connectivity index (χ1v) is 7.79. The van der Waals surface area contributed by atoms with Crippen LogP contribution < -0.4 is 9.46 Å². The number of rotatable bonds is 8. The van der Waals surface area contributed by atoms with Crippen molar-refractivity contribution in [3.05, 3.63) is 42.5 Å². The van der Waals surface area contributed by atoms with Gasteiger partial charge in [0.15, 0.2) is 5.78 Å². The molecule has 2 aromatic rings. The highest BCUT2D eigenvalue weighted by molar-refractivity contribution is 7.98. The summed E-state index contributed by atoms with van der Waals surface area (Å²) in [6.45, 7) is 1.48. The Balaban J connectivity index is 1.84. The zero-order valence-electron chi connectivity index (χ0n) is 12.1. The van der Waals surface area contributed by atoms with Crippen LogP contribution in [0.25, 0.3) is 10.8 Å². The van der Waals surface area contributed by atoms with Crippen molar-refractivity contribution in [2.24, 2.45) is 0 Å². The van der Waals surface area contributed by atoms with Gasteiger partial charge in [-0.15, -0.1) is 0 Å². The van der Waals surface area contributed by atoms with Crippen LogP contribution in [-0.4, -0.2) is 35.3 Å². The summed E-state index contributed by atoms with van der Waals surface area (Å²) in [5.74, 6) is -0.235. The van der Waals surface area contributed by atoms with E-state index in [4.69, 9.17) is 9.84 Å². The van der Waals surface area contributed by atoms with E-state index in [-0.39, 0.29) is 18.1 Å². The first-order chi connectivity index (χ1) is 10.6. The van der Waals surface area contributed by atoms with E-state index >= 15 is 0 Å². The molecular formula is C16H17NO4S. The van der Waals surface area contributed by atoms with E-state index in [1.54, 1.807) is 0 Å². The summed E-state index contributed by atoms with van der Waals surface area (Å²) in [5.41, 5.74) is 0. The third kappa shape index (κ3) is 4.47. The molecule has 0 aliphatic heterocycles. The number of carbonyl (C=O) groups excluding carboxylic acids is 1. The minimum atomic E-state index is -0.952. The van der Waals surface area contributed by atoms with Crippen LogP contribution in [-0.2, 0) is 9.59 Å². The largest absolute Gasteiger partial charge is 0.485 e. The lowest BCUT2D eigenvalue weighted by molar-refractivity contribution is -0.138. The first kappa shape index (κ1) is 16.3. The van der Waals surface area contributed by atoms with Gasteiger partial charge in [0.25, 0.3) is 0 Å². The van der Waals surface area contributed by atoms with Crippen molar-refractivity contribution in [1.29, 1.82) is 0 Å². The number of hydrogen-bond donors (Lipinski definition) is 2. The van der Waals surface area contributed by atoms with Crippen molar-refractivity contribution >= 4 is 34.5 Å². The second kappa shape index (κ2) is 7.82. The van der Waals surface area contributed by atoms with Crippen molar-refractivity contribution in [3.63, 3.8) is 0 Å². The maximum absolute atomic E-state index is 11.8. The molecule has 6 heteroatoms. The van der Waals surface area contributed by atoms with Crippen LogP contribution in [0.2, 0.25) is 0 Å². The van der Waals surface area contributed by atoms with E-state index in [1.165, 1.54) is 6.92 Å². The lowest BCUT2D eigenvalue weighted by Crippen LogP contribution is -2.30. The van der Waals surface area contributed by atoms with Crippen LogP contribution in [0.3, 0.4) is 0 Å². The Kier molecular flexibility index (Phi) is 5.80. The number of Topliss-reactive ketones (excluding diaryl/α,β-unsaturated/α-hetero) is 1. The van der Waals surface area contributed by atoms with Crippen LogP contribution in [0.15, 0.2) is 42.5 Å². The normalized spacial score (nSPS) is 12.0. The molecule has 0 amide bonds. The summed E-state index contributed by atoms with van der Waals surface area (Å²) in [4.78, 5) is 22.4. The number of ether oxygens (including phenoxy) is 1. The highest BCUT2D eigenvalue weighted by Gasteiger charge is 2.11. The minimum absolute atomic E-state index is 0.0376. The van der Waals surface area contributed by atoms with Gasteiger partial charge in [0.1, 0.15) is 18.4 Å². The van der Waals surface area contributed by atoms with Crippen molar-refractivity contribution in [1.82, 2.24) is 4.72 Å². The molecule has 2 rings (SSSR count). The Hall–Kier alpha value is -2.05. The SMILES string of the molecule is C[C@H](NSCC(=O)COc1cccc2ccccc12)C(=O)O. The van der Waals surface area contributed by atoms with E-state index in [9.17, 15) is 9.59 Å². The van der Waals surface area contributed by atoms with Gasteiger partial charge in [-0.3, -0.25) is 9.59 Å². The fraction of sp³-hybridized carbons (Fsp3) is 0.250. The van der Waals surface area contributed by atoms with E-state index in [0.717, 1.165) is 22.7 Å². The molecule has 0 spiro atoms. The van der Waals surface area contributed by atoms with Gasteiger partial charge in [0, 0.05) is 5.39 Å². The van der Waals surface area contributed by atoms with Crippen molar-refractivity contribution in [2.75, 3.05) is 12.4 Å². The second-order valence-electron chi connectivity index (χ2n) is 4.77. The molecule has 0 radical (unpaired) electrons. The average Bonchev–Trinajstić information content (AvgIpc) is 2.52. The standard InChI is InChI=1S/C16H17NO4S/c1-11(16(19)20)17-22-10-13(18)9-21-15-8-4-6-12-5-2-3-7-14(12)15/h2-8,11,17H,9-10H2,1H3,(H,19,20)/t11-/m0/s1. The predicted octanol–water partition coefficient (Wildman–Crippen LogP) is 2.50. The predicted molar refractivity (Wildman–Crippen MR) is 87.1 cm³/mol. The number of carboxylic acid groups (broad SMARTS) is 1. The molecule has 0 bridgehead atoms. The lowest BCUT2D eigenvalue weighted by atomic mass is 10.1. The van der Waals surface area contributed by atoms with Gasteiger partial charge in [-0.1, -0.05) is 48.3 Å². The molecular weight excluding hydrogens is 302 g/mol. The van der Waals surface area contributed by atoms with Crippen molar-refractivity contribution in [2.45, 2.75) is 13.0 Å². The van der Waals surface area contributed by atoms with Crippen LogP contribution in [0.5, 0.6) is 5.75 Å². The summed E-state index contributed by atoms with van der Waals surface area (Å²) in [7, 11) is 0. The van der Waals surface area contributed by atoms with Crippen molar-refractivity contribution in [3.8, 4) is 5.75 Å². The summed E-state index contributed by atoms with van der Waals surface area (Å²) >= 11 is 1.08. The fourth-order valence-corrected chi connectivity index (χ4v) is 2.50. The first-order valence-electron chi connectivity index (χ1n) is 6.80. The van der Waals surface area contributed by atoms with Gasteiger partial charge >= 0.3 is 5.97 Å². The topological polar surface area (TPSA) is 75.6 Å². The van der Waals surface area contributed by atoms with E-state index in [1.807, 2.05) is 42.5 Å². The number of carboxylic acids is 1. The zero-order chi connectivity index (χ0) is 15.9. The van der Waals surface area contributed by atoms with Gasteiger partial charge < -0.3 is 9.84 Å². The number of nitrogens with one attached hydrogen (secondary N) is 1. The molecule has 2 N–H and O–H groups in total. The molecule has 2 aromatic carbocycles. The van der Waals surface area contributed by atoms with Gasteiger partial charge in [-0.2, -0.15) is 0 Å². The highest BCUT2D eigenvalue weighted by Crippen LogP contribution is 2.25. The summed E-state index contributed by atoms with van der Waals surface area (Å²) < 4.78 is 8.26. The highest BCUT2D eigenvalue weighted by atomic mass is 32.2. The smallest absolute Gasteiger partial charge is 0.321 e. The average molecular weight is 319 g/mol. The Labute approximate surface area is 132 Å². The molecule has 0 aliphatic rings. The van der Waals surface area contributed by atoms with E-state index in [2.05, 4.69) is 4.72 Å². The number of hydrogen-bond acceptors (Lipinski definition) is 5. The Morgan fingerprint density at radius 2 is 1.95 bits per heavy atom. The Bertz CT molecular complexity index is 669. The second-order valence-corrected chi connectivity index (χ2v) is 5.58. The number of fused-ring (bicyclic) bond motifs is 1. The van der Waals surface area contributed by atoms with E-state index in [0.29, 0.717) is 5.75 Å². The van der Waals surface area contributed by atoms with Crippen LogP contribution >= 0.6 is 11.9 Å². The molecule has 0 saturated carbocycles. The quantitative estimate of drug-likeness (QED) is 0.728. The lowest BCUT2D eigenvalue weighted by Gasteiger charge is -2.10. The monoisotopic (exact) mass is 319 g/mol. The van der Waals surface area contributed by atoms with Crippen LogP contribution in [0, 0.1) is 0 Å². The van der Waals surface area contributed by atoms with Gasteiger partial charge in [-0.05, 0) is 18.4 Å². The number of benzene rings is 2. The molecule has 0 heterocycles. The van der Waals surface area contributed by atoms with Gasteiger partial charge in [0.05, 0.1) is 5.75 Å². The van der Waals surface area contributed by atoms with Gasteiger partial charge in [0.2, 0.25) is 0 Å². The van der Waals surface area contributed by atoms with E-state index < -0.39 is 12.0 Å². The molecule has 0 fully saturated rings. The Morgan fingerprint density at radius 3 is 2.73 bits per heavy atom. The zero-order valence-corrected chi connectivity index (χ0v) is 12.9. The van der Waals surface area contributed by atoms with Crippen molar-refractivity contribution < 1.29 is 19.4 Å². The number of ketones is 1. The minimum Gasteiger partial charge on any atom is -0.485 e. The fourth-order valence-electron chi connectivity index (χ4n) is 1.82. The Morgan fingerprint density at radius 1 is 1.23 bits per heavy atom. The molecule has 116 valence electrons. The molecule has 1 atom stereocenters. The molecule has 0 aromatic heterocycles. The number of carbonyl (C=O) groups is 2. The van der Waals surface area contributed by atoms with Crippen LogP contribution in [0.4, 0.5) is 0 Å².